The number of nitrogens with zero attached hydrogens (tertiary/aromatic N) is 1. The number of benzene rings is 2. The van der Waals surface area contributed by atoms with E-state index in [4.69, 9.17) is 5.73 Å². The number of para-hydroxylation sites is 1. The fourth-order valence-corrected chi connectivity index (χ4v) is 2.94. The Labute approximate surface area is 169 Å². The minimum atomic E-state index is -0.335. The number of guanidine groups is 1. The number of halogens is 1. The fourth-order valence-electron chi connectivity index (χ4n) is 2.94. The molecule has 2 aromatic carbocycles. The normalized spacial score (nSPS) is 12.8. The number of anilines is 1. The van der Waals surface area contributed by atoms with E-state index in [1.807, 2.05) is 6.07 Å². The Morgan fingerprint density at radius 3 is 2.73 bits per heavy atom. The van der Waals surface area contributed by atoms with E-state index in [2.05, 4.69) is 27.8 Å². The van der Waals surface area contributed by atoms with E-state index in [9.17, 15) is 9.90 Å². The Morgan fingerprint density at radius 1 is 1.15 bits per heavy atom. The summed E-state index contributed by atoms with van der Waals surface area (Å²) in [6, 6.07) is 12.7. The number of nitrogens with two attached hydrogens (primary N) is 1. The monoisotopic (exact) mass is 466 g/mol. The number of phenolic OH excluding ortho intramolecular Hbond substituents is 1. The zero-order valence-corrected chi connectivity index (χ0v) is 16.7. The number of aryl methyl sites for hydroxylation is 2. The van der Waals surface area contributed by atoms with Gasteiger partial charge in [0.1, 0.15) is 5.75 Å². The maximum absolute atomic E-state index is 11.9. The zero-order valence-electron chi connectivity index (χ0n) is 14.4. The molecule has 0 heterocycles. The lowest BCUT2D eigenvalue weighted by molar-refractivity contribution is 0.0952. The molecule has 0 radical (unpaired) electrons. The summed E-state index contributed by atoms with van der Waals surface area (Å²) in [5.74, 6) is -0.0606. The second-order valence-corrected chi connectivity index (χ2v) is 6.00. The number of aromatic hydroxyl groups is 1. The van der Waals surface area contributed by atoms with Gasteiger partial charge in [-0.2, -0.15) is 0 Å². The van der Waals surface area contributed by atoms with E-state index < -0.39 is 0 Å². The van der Waals surface area contributed by atoms with Gasteiger partial charge < -0.3 is 21.5 Å². The first-order valence-electron chi connectivity index (χ1n) is 8.38. The van der Waals surface area contributed by atoms with Crippen LogP contribution in [0.5, 0.6) is 5.75 Å². The van der Waals surface area contributed by atoms with E-state index in [0.717, 1.165) is 18.5 Å². The highest BCUT2D eigenvalue weighted by Gasteiger charge is 2.11. The van der Waals surface area contributed by atoms with Crippen LogP contribution in [-0.4, -0.2) is 30.1 Å². The largest absolute Gasteiger partial charge is 0.507 e. The van der Waals surface area contributed by atoms with Crippen LogP contribution in [0.2, 0.25) is 0 Å². The van der Waals surface area contributed by atoms with Gasteiger partial charge in [-0.3, -0.25) is 9.79 Å². The summed E-state index contributed by atoms with van der Waals surface area (Å²) < 4.78 is 0. The van der Waals surface area contributed by atoms with Crippen molar-refractivity contribution in [1.29, 1.82) is 0 Å². The van der Waals surface area contributed by atoms with Gasteiger partial charge in [0.15, 0.2) is 5.96 Å². The predicted molar refractivity (Wildman–Crippen MR) is 114 cm³/mol. The van der Waals surface area contributed by atoms with Gasteiger partial charge in [0, 0.05) is 12.2 Å². The molecule has 0 aromatic heterocycles. The van der Waals surface area contributed by atoms with Crippen molar-refractivity contribution in [2.75, 3.05) is 18.4 Å². The molecule has 0 bridgehead atoms. The second kappa shape index (κ2) is 9.42. The summed E-state index contributed by atoms with van der Waals surface area (Å²) >= 11 is 0. The molecule has 5 N–H and O–H groups in total. The highest BCUT2D eigenvalue weighted by atomic mass is 127. The molecule has 0 fully saturated rings. The van der Waals surface area contributed by atoms with E-state index in [0.29, 0.717) is 19.0 Å². The number of carbonyl (C=O) groups excluding carboxylic acids is 1. The van der Waals surface area contributed by atoms with E-state index in [-0.39, 0.29) is 41.2 Å². The van der Waals surface area contributed by atoms with Crippen LogP contribution in [0.4, 0.5) is 5.69 Å². The Hall–Kier alpha value is -2.29. The standard InChI is InChI=1S/C19H22N4O2.HI/c20-19(23-15-9-8-13-4-3-5-14(13)12-15)22-11-10-21-18(25)16-6-1-2-7-17(16)24;/h1-2,6-9,12,24H,3-5,10-11H2,(H,21,25)(H3,20,22,23);1H. The molecule has 0 aliphatic heterocycles. The third-order valence-corrected chi connectivity index (χ3v) is 4.20. The smallest absolute Gasteiger partial charge is 0.255 e. The van der Waals surface area contributed by atoms with Gasteiger partial charge in [-0.05, 0) is 54.7 Å². The van der Waals surface area contributed by atoms with Crippen molar-refractivity contribution < 1.29 is 9.90 Å². The number of hydrogen-bond acceptors (Lipinski definition) is 3. The molecule has 1 amide bonds. The van der Waals surface area contributed by atoms with Crippen LogP contribution >= 0.6 is 24.0 Å². The van der Waals surface area contributed by atoms with Gasteiger partial charge in [-0.15, -0.1) is 24.0 Å². The molecule has 1 aliphatic carbocycles. The number of hydrogen-bond donors (Lipinski definition) is 4. The lowest BCUT2D eigenvalue weighted by Gasteiger charge is -2.08. The van der Waals surface area contributed by atoms with Crippen LogP contribution in [-0.2, 0) is 12.8 Å². The summed E-state index contributed by atoms with van der Waals surface area (Å²) in [7, 11) is 0. The Balaban J connectivity index is 0.00000243. The third kappa shape index (κ3) is 5.10. The molecular formula is C19H23IN4O2. The summed E-state index contributed by atoms with van der Waals surface area (Å²) in [5, 5.41) is 15.4. The van der Waals surface area contributed by atoms with Crippen molar-refractivity contribution in [1.82, 2.24) is 5.32 Å². The lowest BCUT2D eigenvalue weighted by Crippen LogP contribution is -2.28. The molecule has 3 rings (SSSR count). The van der Waals surface area contributed by atoms with Crippen LogP contribution in [0.1, 0.15) is 27.9 Å². The number of phenols is 1. The Bertz CT molecular complexity index is 808. The number of aliphatic imine (C=N–C) groups is 1. The summed E-state index contributed by atoms with van der Waals surface area (Å²) in [6.45, 7) is 0.683. The molecule has 7 heteroatoms. The number of fused-ring (bicyclic) bond motifs is 1. The summed E-state index contributed by atoms with van der Waals surface area (Å²) in [5.41, 5.74) is 9.84. The molecule has 2 aromatic rings. The minimum absolute atomic E-state index is 0. The van der Waals surface area contributed by atoms with Crippen molar-refractivity contribution in [3.8, 4) is 5.75 Å². The zero-order chi connectivity index (χ0) is 17.6. The predicted octanol–water partition coefficient (Wildman–Crippen LogP) is 2.66. The number of amides is 1. The molecule has 0 saturated carbocycles. The van der Waals surface area contributed by atoms with E-state index in [1.165, 1.54) is 23.6 Å². The third-order valence-electron chi connectivity index (χ3n) is 4.20. The van der Waals surface area contributed by atoms with Crippen molar-refractivity contribution in [2.45, 2.75) is 19.3 Å². The minimum Gasteiger partial charge on any atom is -0.507 e. The first-order chi connectivity index (χ1) is 12.1. The maximum atomic E-state index is 11.9. The second-order valence-electron chi connectivity index (χ2n) is 6.00. The topological polar surface area (TPSA) is 99.7 Å². The van der Waals surface area contributed by atoms with Gasteiger partial charge in [0.05, 0.1) is 12.1 Å². The maximum Gasteiger partial charge on any atom is 0.255 e. The summed E-state index contributed by atoms with van der Waals surface area (Å²) in [6.07, 6.45) is 3.47. The Kier molecular flexibility index (Phi) is 7.26. The van der Waals surface area contributed by atoms with Crippen LogP contribution in [0, 0.1) is 0 Å². The van der Waals surface area contributed by atoms with Gasteiger partial charge in [0.25, 0.3) is 5.91 Å². The molecule has 1 aliphatic rings. The average Bonchev–Trinajstić information content (AvgIpc) is 3.06. The van der Waals surface area contributed by atoms with Crippen LogP contribution in [0.15, 0.2) is 47.5 Å². The van der Waals surface area contributed by atoms with E-state index >= 15 is 0 Å². The van der Waals surface area contributed by atoms with Gasteiger partial charge in [-0.1, -0.05) is 18.2 Å². The first kappa shape index (κ1) is 20.0. The number of carbonyl (C=O) groups is 1. The van der Waals surface area contributed by atoms with Crippen molar-refractivity contribution in [3.05, 3.63) is 59.2 Å². The summed E-state index contributed by atoms with van der Waals surface area (Å²) in [4.78, 5) is 16.2. The van der Waals surface area contributed by atoms with Crippen molar-refractivity contribution in [3.63, 3.8) is 0 Å². The molecular weight excluding hydrogens is 443 g/mol. The molecule has 6 nitrogen and oxygen atoms in total. The van der Waals surface area contributed by atoms with Crippen LogP contribution < -0.4 is 16.4 Å². The average molecular weight is 466 g/mol. The highest BCUT2D eigenvalue weighted by molar-refractivity contribution is 14.0. The quantitative estimate of drug-likeness (QED) is 0.236. The molecule has 0 saturated heterocycles. The fraction of sp³-hybridized carbons (Fsp3) is 0.263. The molecule has 26 heavy (non-hydrogen) atoms. The van der Waals surface area contributed by atoms with Crippen molar-refractivity contribution >= 4 is 41.5 Å². The van der Waals surface area contributed by atoms with Crippen LogP contribution in [0.25, 0.3) is 0 Å². The molecule has 0 unspecified atom stereocenters. The van der Waals surface area contributed by atoms with Gasteiger partial charge in [-0.25, -0.2) is 0 Å². The SMILES string of the molecule is I.NC(=NCCNC(=O)c1ccccc1O)Nc1ccc2c(c1)CCC2. The molecule has 138 valence electrons. The van der Waals surface area contributed by atoms with Gasteiger partial charge >= 0.3 is 0 Å². The highest BCUT2D eigenvalue weighted by Crippen LogP contribution is 2.24. The van der Waals surface area contributed by atoms with E-state index in [1.54, 1.807) is 18.2 Å². The number of nitrogens with one attached hydrogen (secondary N) is 2. The Morgan fingerprint density at radius 2 is 1.92 bits per heavy atom. The van der Waals surface area contributed by atoms with Crippen molar-refractivity contribution in [2.24, 2.45) is 10.7 Å². The number of rotatable bonds is 5. The van der Waals surface area contributed by atoms with Gasteiger partial charge in [0.2, 0.25) is 0 Å². The molecule has 0 atom stereocenters. The first-order valence-corrected chi connectivity index (χ1v) is 8.38. The van der Waals surface area contributed by atoms with Crippen LogP contribution in [0.3, 0.4) is 0 Å². The lowest BCUT2D eigenvalue weighted by atomic mass is 10.1. The molecule has 0 spiro atoms.